The van der Waals surface area contributed by atoms with Gasteiger partial charge >= 0.3 is 0 Å². The quantitative estimate of drug-likeness (QED) is 0.381. The number of Topliss-reactive ketones (excluding diaryl/α,β-unsaturated/α-hetero) is 1. The van der Waals surface area contributed by atoms with Crippen LogP contribution < -0.4 is 0 Å². The molecule has 3 nitrogen and oxygen atoms in total. The third-order valence-electron chi connectivity index (χ3n) is 5.60. The molecule has 1 aromatic heterocycles. The molecular formula is C26H18N2OS. The van der Waals surface area contributed by atoms with Crippen molar-refractivity contribution in [2.75, 3.05) is 0 Å². The Bertz CT molecular complexity index is 1390. The van der Waals surface area contributed by atoms with Crippen molar-refractivity contribution in [1.29, 1.82) is 5.26 Å². The highest BCUT2D eigenvalue weighted by molar-refractivity contribution is 8.04. The van der Waals surface area contributed by atoms with Crippen LogP contribution in [0.1, 0.15) is 32.7 Å². The lowest BCUT2D eigenvalue weighted by Gasteiger charge is -2.10. The van der Waals surface area contributed by atoms with Crippen molar-refractivity contribution >= 4 is 34.5 Å². The molecule has 30 heavy (non-hydrogen) atoms. The highest BCUT2D eigenvalue weighted by Crippen LogP contribution is 2.42. The smallest absolute Gasteiger partial charge is 0.200 e. The van der Waals surface area contributed by atoms with Gasteiger partial charge in [-0.05, 0) is 42.8 Å². The number of allylic oxidation sites excluding steroid dienone is 1. The Morgan fingerprint density at radius 2 is 1.73 bits per heavy atom. The number of ketones is 1. The van der Waals surface area contributed by atoms with E-state index in [0.717, 1.165) is 43.1 Å². The Morgan fingerprint density at radius 1 is 1.00 bits per heavy atom. The van der Waals surface area contributed by atoms with E-state index < -0.39 is 0 Å². The number of hydrogen-bond donors (Lipinski definition) is 0. The number of benzene rings is 3. The number of hydrogen-bond acceptors (Lipinski definition) is 3. The fourth-order valence-electron chi connectivity index (χ4n) is 4.05. The van der Waals surface area contributed by atoms with Crippen LogP contribution in [0.5, 0.6) is 0 Å². The number of carbonyl (C=O) groups excluding carboxylic acids is 1. The number of nitrogens with zero attached hydrogens (tertiary/aromatic N) is 2. The molecule has 2 heterocycles. The highest BCUT2D eigenvalue weighted by atomic mass is 32.2. The van der Waals surface area contributed by atoms with E-state index >= 15 is 0 Å². The normalized spacial score (nSPS) is 14.3. The van der Waals surface area contributed by atoms with Gasteiger partial charge in [-0.2, -0.15) is 5.26 Å². The van der Waals surface area contributed by atoms with Crippen LogP contribution >= 0.6 is 11.8 Å². The molecule has 1 aliphatic heterocycles. The van der Waals surface area contributed by atoms with Gasteiger partial charge < -0.3 is 4.57 Å². The van der Waals surface area contributed by atoms with E-state index in [1.165, 1.54) is 11.8 Å². The van der Waals surface area contributed by atoms with E-state index in [0.29, 0.717) is 12.1 Å². The Kier molecular flexibility index (Phi) is 4.54. The average molecular weight is 407 g/mol. The van der Waals surface area contributed by atoms with Crippen molar-refractivity contribution in [3.63, 3.8) is 0 Å². The van der Waals surface area contributed by atoms with Gasteiger partial charge in [0.25, 0.3) is 0 Å². The van der Waals surface area contributed by atoms with Crippen LogP contribution in [0.3, 0.4) is 0 Å². The third kappa shape index (κ3) is 2.96. The Balaban J connectivity index is 1.64. The van der Waals surface area contributed by atoms with E-state index in [-0.39, 0.29) is 5.78 Å². The standard InChI is InChI=1S/C26H18N2OS/c1-17-22(14-25-26(29)21-11-5-7-13-24(21)30-25)20-10-4-6-12-23(20)28(17)16-19-9-3-2-8-18(19)15-27/h2-14H,16H2,1H3/b25-14+. The monoisotopic (exact) mass is 406 g/mol. The lowest BCUT2D eigenvalue weighted by molar-refractivity contribution is 0.104. The van der Waals surface area contributed by atoms with Crippen LogP contribution in [0.2, 0.25) is 0 Å². The number of nitriles is 1. The first-order chi connectivity index (χ1) is 14.7. The van der Waals surface area contributed by atoms with Crippen LogP contribution in [-0.2, 0) is 6.54 Å². The molecule has 0 saturated heterocycles. The minimum atomic E-state index is 0.0849. The summed E-state index contributed by atoms with van der Waals surface area (Å²) in [6.07, 6.45) is 2.03. The van der Waals surface area contributed by atoms with Crippen molar-refractivity contribution in [3.05, 3.63) is 106 Å². The average Bonchev–Trinajstić information content (AvgIpc) is 3.24. The molecule has 0 fully saturated rings. The molecule has 0 amide bonds. The molecule has 0 unspecified atom stereocenters. The molecule has 0 radical (unpaired) electrons. The van der Waals surface area contributed by atoms with Gasteiger partial charge in [0.2, 0.25) is 5.78 Å². The third-order valence-corrected chi connectivity index (χ3v) is 6.70. The molecule has 1 aliphatic rings. The number of para-hydroxylation sites is 1. The van der Waals surface area contributed by atoms with Crippen LogP contribution in [0, 0.1) is 18.3 Å². The van der Waals surface area contributed by atoms with Gasteiger partial charge in [-0.3, -0.25) is 4.79 Å². The number of thioether (sulfide) groups is 1. The summed E-state index contributed by atoms with van der Waals surface area (Å²) >= 11 is 1.53. The van der Waals surface area contributed by atoms with E-state index in [1.54, 1.807) is 0 Å². The fraction of sp³-hybridized carbons (Fsp3) is 0.0769. The molecule has 4 heteroatoms. The maximum Gasteiger partial charge on any atom is 0.200 e. The highest BCUT2D eigenvalue weighted by Gasteiger charge is 2.26. The van der Waals surface area contributed by atoms with Crippen molar-refractivity contribution in [3.8, 4) is 6.07 Å². The Morgan fingerprint density at radius 3 is 2.57 bits per heavy atom. The van der Waals surface area contributed by atoms with E-state index in [4.69, 9.17) is 0 Å². The summed E-state index contributed by atoms with van der Waals surface area (Å²) in [4.78, 5) is 14.7. The summed E-state index contributed by atoms with van der Waals surface area (Å²) in [6.45, 7) is 2.69. The molecule has 144 valence electrons. The molecule has 4 aromatic rings. The number of carbonyl (C=O) groups is 1. The topological polar surface area (TPSA) is 45.8 Å². The number of rotatable bonds is 3. The summed E-state index contributed by atoms with van der Waals surface area (Å²) in [6, 6.07) is 26.0. The first-order valence-electron chi connectivity index (χ1n) is 9.76. The van der Waals surface area contributed by atoms with Gasteiger partial charge in [-0.25, -0.2) is 0 Å². The second-order valence-electron chi connectivity index (χ2n) is 7.31. The zero-order chi connectivity index (χ0) is 20.7. The van der Waals surface area contributed by atoms with Gasteiger partial charge in [0, 0.05) is 39.2 Å². The van der Waals surface area contributed by atoms with E-state index in [9.17, 15) is 10.1 Å². The molecule has 0 spiro atoms. The maximum atomic E-state index is 12.9. The zero-order valence-corrected chi connectivity index (χ0v) is 17.2. The Hall–Kier alpha value is -3.55. The Labute approximate surface area is 179 Å². The molecule has 0 N–H and O–H groups in total. The second kappa shape index (κ2) is 7.37. The van der Waals surface area contributed by atoms with Gasteiger partial charge in [0.05, 0.1) is 16.5 Å². The summed E-state index contributed by atoms with van der Waals surface area (Å²) in [5.74, 6) is 0.0849. The van der Waals surface area contributed by atoms with Crippen molar-refractivity contribution in [2.24, 2.45) is 0 Å². The van der Waals surface area contributed by atoms with Crippen LogP contribution in [0.4, 0.5) is 0 Å². The summed E-state index contributed by atoms with van der Waals surface area (Å²) < 4.78 is 2.23. The van der Waals surface area contributed by atoms with Crippen LogP contribution in [0.25, 0.3) is 17.0 Å². The predicted molar refractivity (Wildman–Crippen MR) is 122 cm³/mol. The summed E-state index contributed by atoms with van der Waals surface area (Å²) in [5.41, 5.74) is 5.69. The van der Waals surface area contributed by atoms with Crippen molar-refractivity contribution in [2.45, 2.75) is 18.4 Å². The van der Waals surface area contributed by atoms with Gasteiger partial charge in [-0.1, -0.05) is 60.3 Å². The molecular weight excluding hydrogens is 388 g/mol. The van der Waals surface area contributed by atoms with Gasteiger partial charge in [-0.15, -0.1) is 0 Å². The maximum absolute atomic E-state index is 12.9. The minimum Gasteiger partial charge on any atom is -0.340 e. The largest absolute Gasteiger partial charge is 0.340 e. The second-order valence-corrected chi connectivity index (χ2v) is 8.39. The molecule has 0 saturated carbocycles. The summed E-state index contributed by atoms with van der Waals surface area (Å²) in [7, 11) is 0. The molecule has 0 atom stereocenters. The molecule has 0 aliphatic carbocycles. The van der Waals surface area contributed by atoms with E-state index in [2.05, 4.69) is 29.7 Å². The van der Waals surface area contributed by atoms with Crippen molar-refractivity contribution in [1.82, 2.24) is 4.57 Å². The summed E-state index contributed by atoms with van der Waals surface area (Å²) in [5, 5.41) is 10.6. The van der Waals surface area contributed by atoms with Gasteiger partial charge in [0.1, 0.15) is 0 Å². The lowest BCUT2D eigenvalue weighted by Crippen LogP contribution is -2.03. The fourth-order valence-corrected chi connectivity index (χ4v) is 5.08. The van der Waals surface area contributed by atoms with Crippen LogP contribution in [0.15, 0.2) is 82.6 Å². The molecule has 0 bridgehead atoms. The minimum absolute atomic E-state index is 0.0849. The van der Waals surface area contributed by atoms with Gasteiger partial charge in [0.15, 0.2) is 0 Å². The number of aromatic nitrogens is 1. The lowest BCUT2D eigenvalue weighted by atomic mass is 10.1. The van der Waals surface area contributed by atoms with Crippen molar-refractivity contribution < 1.29 is 4.79 Å². The van der Waals surface area contributed by atoms with E-state index in [1.807, 2.05) is 66.7 Å². The SMILES string of the molecule is Cc1c(/C=C2/Sc3ccccc3C2=O)c2ccccc2n1Cc1ccccc1C#N. The number of fused-ring (bicyclic) bond motifs is 2. The first kappa shape index (κ1) is 18.5. The van der Waals surface area contributed by atoms with Crippen LogP contribution in [-0.4, -0.2) is 10.4 Å². The molecule has 5 rings (SSSR count). The zero-order valence-electron chi connectivity index (χ0n) is 16.4. The molecule has 3 aromatic carbocycles. The predicted octanol–water partition coefficient (Wildman–Crippen LogP) is 6.20. The first-order valence-corrected chi connectivity index (χ1v) is 10.6.